The Hall–Kier alpha value is -1.22. The molecule has 0 aliphatic rings. The first-order valence-electron chi connectivity index (χ1n) is 5.70. The largest absolute Gasteiger partial charge is 0.497 e. The second kappa shape index (κ2) is 6.38. The standard InChI is InChI=1S/C13H21NO2/c1-4-5-6-12(14)11-9-10(15-2)7-8-13(11)16-3/h7-9,12H,4-6,14H2,1-3H3/t12-/m1/s1. The summed E-state index contributed by atoms with van der Waals surface area (Å²) in [6.07, 6.45) is 3.25. The summed E-state index contributed by atoms with van der Waals surface area (Å²) in [7, 11) is 3.32. The Balaban J connectivity index is 2.89. The van der Waals surface area contributed by atoms with Crippen LogP contribution in [0.2, 0.25) is 0 Å². The van der Waals surface area contributed by atoms with E-state index in [1.807, 2.05) is 18.2 Å². The Kier molecular flexibility index (Phi) is 5.12. The lowest BCUT2D eigenvalue weighted by molar-refractivity contribution is 0.393. The molecule has 0 aromatic heterocycles. The molecule has 0 fully saturated rings. The number of rotatable bonds is 6. The fourth-order valence-electron chi connectivity index (χ4n) is 1.71. The third-order valence-electron chi connectivity index (χ3n) is 2.71. The molecule has 2 N–H and O–H groups in total. The normalized spacial score (nSPS) is 12.2. The van der Waals surface area contributed by atoms with Crippen molar-refractivity contribution >= 4 is 0 Å². The molecule has 0 aliphatic heterocycles. The van der Waals surface area contributed by atoms with E-state index in [1.165, 1.54) is 0 Å². The summed E-state index contributed by atoms with van der Waals surface area (Å²) in [5, 5.41) is 0. The molecular weight excluding hydrogens is 202 g/mol. The second-order valence-electron chi connectivity index (χ2n) is 3.86. The molecule has 1 aromatic carbocycles. The lowest BCUT2D eigenvalue weighted by Gasteiger charge is -2.16. The quantitative estimate of drug-likeness (QED) is 0.806. The van der Waals surface area contributed by atoms with E-state index >= 15 is 0 Å². The van der Waals surface area contributed by atoms with Crippen LogP contribution in [0.3, 0.4) is 0 Å². The molecule has 0 bridgehead atoms. The van der Waals surface area contributed by atoms with E-state index in [0.29, 0.717) is 0 Å². The van der Waals surface area contributed by atoms with Crippen molar-refractivity contribution in [1.29, 1.82) is 0 Å². The molecule has 1 rings (SSSR count). The van der Waals surface area contributed by atoms with Crippen molar-refractivity contribution in [2.24, 2.45) is 5.73 Å². The van der Waals surface area contributed by atoms with E-state index in [2.05, 4.69) is 6.92 Å². The van der Waals surface area contributed by atoms with E-state index in [4.69, 9.17) is 15.2 Å². The SMILES string of the molecule is CCCC[C@@H](N)c1cc(OC)ccc1OC. The van der Waals surface area contributed by atoms with Crippen LogP contribution < -0.4 is 15.2 Å². The Morgan fingerprint density at radius 2 is 2.00 bits per heavy atom. The fourth-order valence-corrected chi connectivity index (χ4v) is 1.71. The topological polar surface area (TPSA) is 44.5 Å². The van der Waals surface area contributed by atoms with Crippen molar-refractivity contribution in [3.63, 3.8) is 0 Å². The minimum absolute atomic E-state index is 0.0185. The van der Waals surface area contributed by atoms with Crippen molar-refractivity contribution in [3.8, 4) is 11.5 Å². The monoisotopic (exact) mass is 223 g/mol. The molecule has 0 unspecified atom stereocenters. The third kappa shape index (κ3) is 3.14. The molecule has 3 nitrogen and oxygen atoms in total. The minimum Gasteiger partial charge on any atom is -0.497 e. The summed E-state index contributed by atoms with van der Waals surface area (Å²) in [6, 6.07) is 5.76. The molecule has 0 radical (unpaired) electrons. The number of hydrogen-bond acceptors (Lipinski definition) is 3. The maximum Gasteiger partial charge on any atom is 0.123 e. The molecule has 16 heavy (non-hydrogen) atoms. The van der Waals surface area contributed by atoms with Crippen LogP contribution in [-0.2, 0) is 0 Å². The average molecular weight is 223 g/mol. The highest BCUT2D eigenvalue weighted by atomic mass is 16.5. The van der Waals surface area contributed by atoms with Gasteiger partial charge in [0, 0.05) is 11.6 Å². The minimum atomic E-state index is 0.0185. The van der Waals surface area contributed by atoms with E-state index in [9.17, 15) is 0 Å². The van der Waals surface area contributed by atoms with Gasteiger partial charge >= 0.3 is 0 Å². The Bertz CT molecular complexity index is 326. The molecule has 1 aromatic rings. The molecule has 0 aliphatic carbocycles. The van der Waals surface area contributed by atoms with Gasteiger partial charge in [0.15, 0.2) is 0 Å². The maximum atomic E-state index is 6.15. The number of hydrogen-bond donors (Lipinski definition) is 1. The number of ether oxygens (including phenoxy) is 2. The van der Waals surface area contributed by atoms with Crippen LogP contribution in [0.15, 0.2) is 18.2 Å². The van der Waals surface area contributed by atoms with Crippen LogP contribution in [0, 0.1) is 0 Å². The second-order valence-corrected chi connectivity index (χ2v) is 3.86. The summed E-state index contributed by atoms with van der Waals surface area (Å²) in [4.78, 5) is 0. The van der Waals surface area contributed by atoms with Gasteiger partial charge in [-0.25, -0.2) is 0 Å². The summed E-state index contributed by atoms with van der Waals surface area (Å²) in [6.45, 7) is 2.16. The van der Waals surface area contributed by atoms with Gasteiger partial charge in [-0.1, -0.05) is 19.8 Å². The van der Waals surface area contributed by atoms with Crippen molar-refractivity contribution in [3.05, 3.63) is 23.8 Å². The molecule has 1 atom stereocenters. The molecule has 0 heterocycles. The first kappa shape index (κ1) is 12.8. The number of methoxy groups -OCH3 is 2. The number of benzene rings is 1. The van der Waals surface area contributed by atoms with Crippen LogP contribution in [0.25, 0.3) is 0 Å². The van der Waals surface area contributed by atoms with Gasteiger partial charge in [0.2, 0.25) is 0 Å². The number of nitrogens with two attached hydrogens (primary N) is 1. The van der Waals surface area contributed by atoms with E-state index in [-0.39, 0.29) is 6.04 Å². The van der Waals surface area contributed by atoms with Gasteiger partial charge in [0.1, 0.15) is 11.5 Å². The van der Waals surface area contributed by atoms with Crippen molar-refractivity contribution < 1.29 is 9.47 Å². The summed E-state index contributed by atoms with van der Waals surface area (Å²) in [5.74, 6) is 1.66. The predicted octanol–water partition coefficient (Wildman–Crippen LogP) is 2.89. The number of unbranched alkanes of at least 4 members (excludes halogenated alkanes) is 1. The Morgan fingerprint density at radius 3 is 2.56 bits per heavy atom. The molecule has 0 saturated heterocycles. The highest BCUT2D eigenvalue weighted by molar-refractivity contribution is 5.42. The molecule has 0 saturated carbocycles. The van der Waals surface area contributed by atoms with Crippen molar-refractivity contribution in [2.45, 2.75) is 32.2 Å². The summed E-state index contributed by atoms with van der Waals surface area (Å²) in [5.41, 5.74) is 7.17. The van der Waals surface area contributed by atoms with Crippen LogP contribution in [0.5, 0.6) is 11.5 Å². The van der Waals surface area contributed by atoms with Gasteiger partial charge in [0.25, 0.3) is 0 Å². The van der Waals surface area contributed by atoms with Crippen molar-refractivity contribution in [2.75, 3.05) is 14.2 Å². The van der Waals surface area contributed by atoms with Gasteiger partial charge in [-0.3, -0.25) is 0 Å². The van der Waals surface area contributed by atoms with E-state index in [0.717, 1.165) is 36.3 Å². The molecule has 0 spiro atoms. The fraction of sp³-hybridized carbons (Fsp3) is 0.538. The molecule has 3 heteroatoms. The highest BCUT2D eigenvalue weighted by Crippen LogP contribution is 2.30. The van der Waals surface area contributed by atoms with E-state index in [1.54, 1.807) is 14.2 Å². The van der Waals surface area contributed by atoms with Gasteiger partial charge in [0.05, 0.1) is 14.2 Å². The van der Waals surface area contributed by atoms with Crippen LogP contribution in [0.4, 0.5) is 0 Å². The first-order chi connectivity index (χ1) is 7.72. The smallest absolute Gasteiger partial charge is 0.123 e. The predicted molar refractivity (Wildman–Crippen MR) is 66.0 cm³/mol. The zero-order valence-electron chi connectivity index (χ0n) is 10.3. The van der Waals surface area contributed by atoms with Crippen LogP contribution in [0.1, 0.15) is 37.8 Å². The summed E-state index contributed by atoms with van der Waals surface area (Å²) >= 11 is 0. The molecular formula is C13H21NO2. The van der Waals surface area contributed by atoms with Gasteiger partial charge in [-0.05, 0) is 24.6 Å². The van der Waals surface area contributed by atoms with Gasteiger partial charge < -0.3 is 15.2 Å². The molecule has 0 amide bonds. The van der Waals surface area contributed by atoms with Crippen molar-refractivity contribution in [1.82, 2.24) is 0 Å². The third-order valence-corrected chi connectivity index (χ3v) is 2.71. The van der Waals surface area contributed by atoms with Crippen LogP contribution >= 0.6 is 0 Å². The highest BCUT2D eigenvalue weighted by Gasteiger charge is 2.12. The zero-order chi connectivity index (χ0) is 12.0. The summed E-state index contributed by atoms with van der Waals surface area (Å²) < 4.78 is 10.5. The molecule has 90 valence electrons. The Labute approximate surface area is 97.6 Å². The Morgan fingerprint density at radius 1 is 1.25 bits per heavy atom. The zero-order valence-corrected chi connectivity index (χ0v) is 10.3. The van der Waals surface area contributed by atoms with E-state index < -0.39 is 0 Å². The van der Waals surface area contributed by atoms with Gasteiger partial charge in [-0.2, -0.15) is 0 Å². The van der Waals surface area contributed by atoms with Gasteiger partial charge in [-0.15, -0.1) is 0 Å². The maximum absolute atomic E-state index is 6.15. The average Bonchev–Trinajstić information content (AvgIpc) is 2.35. The lowest BCUT2D eigenvalue weighted by atomic mass is 10.0. The lowest BCUT2D eigenvalue weighted by Crippen LogP contribution is -2.11. The van der Waals surface area contributed by atoms with Crippen LogP contribution in [-0.4, -0.2) is 14.2 Å². The first-order valence-corrected chi connectivity index (χ1v) is 5.70.